The maximum atomic E-state index is 11.7. The van der Waals surface area contributed by atoms with Gasteiger partial charge in [-0.05, 0) is 44.9 Å². The fourth-order valence-corrected chi connectivity index (χ4v) is 1.88. The fourth-order valence-electron chi connectivity index (χ4n) is 1.53. The first-order valence-electron chi connectivity index (χ1n) is 5.92. The summed E-state index contributed by atoms with van der Waals surface area (Å²) in [7, 11) is 0. The molecular weight excluding hydrogens is 296 g/mol. The van der Waals surface area contributed by atoms with Crippen molar-refractivity contribution >= 4 is 21.9 Å². The van der Waals surface area contributed by atoms with E-state index >= 15 is 0 Å². The second kappa shape index (κ2) is 6.23. The second-order valence-electron chi connectivity index (χ2n) is 4.57. The summed E-state index contributed by atoms with van der Waals surface area (Å²) in [6.07, 6.45) is 0. The zero-order valence-corrected chi connectivity index (χ0v) is 12.8. The van der Waals surface area contributed by atoms with Crippen LogP contribution in [0.25, 0.3) is 0 Å². The van der Waals surface area contributed by atoms with Crippen molar-refractivity contribution in [3.8, 4) is 5.75 Å². The molecule has 0 aliphatic rings. The number of hydrogen-bond donors (Lipinski definition) is 0. The molecule has 0 saturated heterocycles. The third-order valence-corrected chi connectivity index (χ3v) is 3.17. The van der Waals surface area contributed by atoms with Crippen LogP contribution in [0.5, 0.6) is 5.75 Å². The molecule has 4 heteroatoms. The molecule has 0 bridgehead atoms. The third-order valence-electron chi connectivity index (χ3n) is 2.53. The van der Waals surface area contributed by atoms with Crippen LogP contribution in [-0.2, 0) is 14.9 Å². The lowest BCUT2D eigenvalue weighted by Gasteiger charge is -2.25. The van der Waals surface area contributed by atoms with Crippen LogP contribution in [0.2, 0.25) is 0 Å². The van der Waals surface area contributed by atoms with Crippen molar-refractivity contribution in [3.05, 3.63) is 29.3 Å². The molecule has 0 amide bonds. The minimum Gasteiger partial charge on any atom is -0.476 e. The van der Waals surface area contributed by atoms with Gasteiger partial charge in [-0.1, -0.05) is 28.1 Å². The molecule has 0 aromatic heterocycles. The lowest BCUT2D eigenvalue weighted by atomic mass is 10.1. The molecular formula is C14H19BrO3. The zero-order chi connectivity index (χ0) is 13.8. The van der Waals surface area contributed by atoms with Gasteiger partial charge in [0.25, 0.3) is 0 Å². The average Bonchev–Trinajstić information content (AvgIpc) is 2.32. The number of rotatable bonds is 5. The van der Waals surface area contributed by atoms with Gasteiger partial charge in [-0.25, -0.2) is 4.79 Å². The van der Waals surface area contributed by atoms with Gasteiger partial charge in [0, 0.05) is 5.33 Å². The molecule has 0 saturated carbocycles. The van der Waals surface area contributed by atoms with Gasteiger partial charge in [0.2, 0.25) is 0 Å². The zero-order valence-electron chi connectivity index (χ0n) is 11.2. The Labute approximate surface area is 117 Å². The molecule has 0 fully saturated rings. The van der Waals surface area contributed by atoms with Gasteiger partial charge in [-0.2, -0.15) is 0 Å². The Bertz CT molecular complexity index is 427. The second-order valence-corrected chi connectivity index (χ2v) is 5.13. The number of carbonyl (C=O) groups excluding carboxylic acids is 1. The van der Waals surface area contributed by atoms with Crippen molar-refractivity contribution in [2.24, 2.45) is 0 Å². The van der Waals surface area contributed by atoms with Crippen LogP contribution in [0, 0.1) is 6.92 Å². The minimum absolute atomic E-state index is 0.353. The molecule has 1 aromatic rings. The molecule has 0 spiro atoms. The van der Waals surface area contributed by atoms with E-state index in [2.05, 4.69) is 15.9 Å². The maximum Gasteiger partial charge on any atom is 0.349 e. The van der Waals surface area contributed by atoms with Crippen LogP contribution >= 0.6 is 15.9 Å². The quantitative estimate of drug-likeness (QED) is 0.615. The van der Waals surface area contributed by atoms with Crippen molar-refractivity contribution < 1.29 is 14.3 Å². The van der Waals surface area contributed by atoms with Crippen LogP contribution in [0.15, 0.2) is 18.2 Å². The number of ether oxygens (including phenoxy) is 2. The molecule has 3 nitrogen and oxygen atoms in total. The predicted molar refractivity (Wildman–Crippen MR) is 75.2 cm³/mol. The maximum absolute atomic E-state index is 11.7. The first-order chi connectivity index (χ1) is 8.40. The summed E-state index contributed by atoms with van der Waals surface area (Å²) in [5.41, 5.74) is 1.20. The van der Waals surface area contributed by atoms with Gasteiger partial charge in [-0.15, -0.1) is 0 Å². The molecule has 0 N–H and O–H groups in total. The van der Waals surface area contributed by atoms with Crippen molar-refractivity contribution in [2.45, 2.75) is 38.6 Å². The van der Waals surface area contributed by atoms with Crippen molar-refractivity contribution in [3.63, 3.8) is 0 Å². The largest absolute Gasteiger partial charge is 0.476 e. The van der Waals surface area contributed by atoms with Gasteiger partial charge < -0.3 is 9.47 Å². The van der Waals surface area contributed by atoms with Gasteiger partial charge in [0.15, 0.2) is 5.60 Å². The monoisotopic (exact) mass is 314 g/mol. The summed E-state index contributed by atoms with van der Waals surface area (Å²) in [4.78, 5) is 11.7. The molecule has 0 unspecified atom stereocenters. The van der Waals surface area contributed by atoms with E-state index in [4.69, 9.17) is 9.47 Å². The Morgan fingerprint density at radius 1 is 1.39 bits per heavy atom. The SMILES string of the molecule is CCOC(=O)C(C)(C)Oc1ccc(CBr)cc1C. The average molecular weight is 315 g/mol. The van der Waals surface area contributed by atoms with E-state index in [-0.39, 0.29) is 5.97 Å². The van der Waals surface area contributed by atoms with E-state index in [0.29, 0.717) is 12.4 Å². The van der Waals surface area contributed by atoms with Gasteiger partial charge in [0.1, 0.15) is 5.75 Å². The Kier molecular flexibility index (Phi) is 5.20. The highest BCUT2D eigenvalue weighted by Gasteiger charge is 2.31. The van der Waals surface area contributed by atoms with Gasteiger partial charge >= 0.3 is 5.97 Å². The van der Waals surface area contributed by atoms with E-state index in [0.717, 1.165) is 10.9 Å². The lowest BCUT2D eigenvalue weighted by molar-refractivity contribution is -0.158. The highest BCUT2D eigenvalue weighted by molar-refractivity contribution is 9.08. The molecule has 18 heavy (non-hydrogen) atoms. The van der Waals surface area contributed by atoms with Crippen LogP contribution in [0.3, 0.4) is 0 Å². The first kappa shape index (κ1) is 15.0. The Hall–Kier alpha value is -1.03. The normalized spacial score (nSPS) is 11.2. The van der Waals surface area contributed by atoms with Crippen LogP contribution in [0.1, 0.15) is 31.9 Å². The molecule has 1 aromatic carbocycles. The highest BCUT2D eigenvalue weighted by Crippen LogP contribution is 2.25. The minimum atomic E-state index is -0.976. The number of carbonyl (C=O) groups is 1. The van der Waals surface area contributed by atoms with Gasteiger partial charge in [0.05, 0.1) is 6.61 Å². The van der Waals surface area contributed by atoms with Crippen molar-refractivity contribution in [2.75, 3.05) is 6.61 Å². The molecule has 100 valence electrons. The molecule has 0 atom stereocenters. The fraction of sp³-hybridized carbons (Fsp3) is 0.500. The standard InChI is InChI=1S/C14H19BrO3/c1-5-17-13(16)14(3,4)18-12-7-6-11(9-15)8-10(12)2/h6-8H,5,9H2,1-4H3. The molecule has 0 aliphatic heterocycles. The smallest absolute Gasteiger partial charge is 0.349 e. The summed E-state index contributed by atoms with van der Waals surface area (Å²) < 4.78 is 10.7. The van der Waals surface area contributed by atoms with Crippen LogP contribution in [0.4, 0.5) is 0 Å². The Morgan fingerprint density at radius 3 is 2.56 bits per heavy atom. The van der Waals surface area contributed by atoms with Crippen molar-refractivity contribution in [1.82, 2.24) is 0 Å². The molecule has 1 rings (SSSR count). The van der Waals surface area contributed by atoms with E-state index in [1.54, 1.807) is 20.8 Å². The third kappa shape index (κ3) is 3.73. The number of aryl methyl sites for hydroxylation is 1. The van der Waals surface area contributed by atoms with Crippen LogP contribution in [-0.4, -0.2) is 18.2 Å². The van der Waals surface area contributed by atoms with E-state index in [1.165, 1.54) is 5.56 Å². The number of benzene rings is 1. The number of halogens is 1. The van der Waals surface area contributed by atoms with Crippen molar-refractivity contribution in [1.29, 1.82) is 0 Å². The molecule has 0 radical (unpaired) electrons. The summed E-state index contributed by atoms with van der Waals surface area (Å²) in [5, 5.41) is 0.801. The summed E-state index contributed by atoms with van der Waals surface area (Å²) in [6, 6.07) is 5.89. The number of hydrogen-bond acceptors (Lipinski definition) is 3. The predicted octanol–water partition coefficient (Wildman–Crippen LogP) is 3.61. The Balaban J connectivity index is 2.87. The number of alkyl halides is 1. The van der Waals surface area contributed by atoms with Gasteiger partial charge in [-0.3, -0.25) is 0 Å². The van der Waals surface area contributed by atoms with E-state index in [9.17, 15) is 4.79 Å². The van der Waals surface area contributed by atoms with E-state index < -0.39 is 5.60 Å². The summed E-state index contributed by atoms with van der Waals surface area (Å²) >= 11 is 3.41. The van der Waals surface area contributed by atoms with Crippen LogP contribution < -0.4 is 4.74 Å². The highest BCUT2D eigenvalue weighted by atomic mass is 79.9. The Morgan fingerprint density at radius 2 is 2.06 bits per heavy atom. The molecule has 0 heterocycles. The number of esters is 1. The van der Waals surface area contributed by atoms with E-state index in [1.807, 2.05) is 25.1 Å². The first-order valence-corrected chi connectivity index (χ1v) is 7.04. The summed E-state index contributed by atoms with van der Waals surface area (Å²) in [6.45, 7) is 7.52. The molecule has 0 aliphatic carbocycles. The summed E-state index contributed by atoms with van der Waals surface area (Å²) in [5.74, 6) is 0.353. The lowest BCUT2D eigenvalue weighted by Crippen LogP contribution is -2.39. The topological polar surface area (TPSA) is 35.5 Å².